The molecule has 1 unspecified atom stereocenters. The number of carbonyl (C=O) groups is 1. The molecule has 0 N–H and O–H groups in total. The molecule has 1 nitrogen and oxygen atoms in total. The van der Waals surface area contributed by atoms with Gasteiger partial charge in [-0.2, -0.15) is 0 Å². The van der Waals surface area contributed by atoms with Crippen LogP contribution in [-0.4, -0.2) is 10.4 Å². The van der Waals surface area contributed by atoms with Crippen molar-refractivity contribution in [2.24, 2.45) is 5.41 Å². The number of carbonyl (C=O) groups excluding carboxylic acids is 1. The zero-order valence-electron chi connectivity index (χ0n) is 7.47. The summed E-state index contributed by atoms with van der Waals surface area (Å²) >= 11 is 1.45. The van der Waals surface area contributed by atoms with Crippen molar-refractivity contribution >= 4 is 16.9 Å². The first kappa shape index (κ1) is 8.85. The van der Waals surface area contributed by atoms with Gasteiger partial charge in [0.05, 0.1) is 0 Å². The van der Waals surface area contributed by atoms with E-state index in [2.05, 4.69) is 20.8 Å². The molecular formula is C9H14OS. The summed E-state index contributed by atoms with van der Waals surface area (Å²) in [6.45, 7) is 8.54. The number of hydrogen-bond donors (Lipinski definition) is 0. The van der Waals surface area contributed by atoms with Crippen molar-refractivity contribution in [1.82, 2.24) is 0 Å². The van der Waals surface area contributed by atoms with Gasteiger partial charge in [-0.3, -0.25) is 4.79 Å². The lowest BCUT2D eigenvalue weighted by Gasteiger charge is -2.26. The van der Waals surface area contributed by atoms with Crippen LogP contribution in [-0.2, 0) is 4.79 Å². The molecular weight excluding hydrogens is 156 g/mol. The summed E-state index contributed by atoms with van der Waals surface area (Å²) in [5.74, 6) is 0. The molecule has 1 atom stereocenters. The molecule has 0 aromatic rings. The quantitative estimate of drug-likeness (QED) is 0.556. The van der Waals surface area contributed by atoms with E-state index in [1.165, 1.54) is 17.3 Å². The van der Waals surface area contributed by atoms with Crippen molar-refractivity contribution in [3.63, 3.8) is 0 Å². The fraction of sp³-hybridized carbons (Fsp3) is 0.667. The minimum absolute atomic E-state index is 0.206. The molecule has 0 amide bonds. The van der Waals surface area contributed by atoms with Crippen LogP contribution in [0.1, 0.15) is 27.7 Å². The van der Waals surface area contributed by atoms with E-state index < -0.39 is 0 Å². The SMILES string of the molecule is CC1=CC(=O)SC1C(C)(C)C. The van der Waals surface area contributed by atoms with Crippen molar-refractivity contribution in [1.29, 1.82) is 0 Å². The highest BCUT2D eigenvalue weighted by Crippen LogP contribution is 2.40. The molecule has 11 heavy (non-hydrogen) atoms. The second-order valence-electron chi connectivity index (χ2n) is 4.07. The molecule has 0 saturated heterocycles. The van der Waals surface area contributed by atoms with Crippen LogP contribution >= 0.6 is 11.8 Å². The molecule has 2 heteroatoms. The van der Waals surface area contributed by atoms with E-state index in [0.717, 1.165) is 0 Å². The standard InChI is InChI=1S/C9H14OS/c1-6-5-7(10)11-8(6)9(2,3)4/h5,8H,1-4H3. The molecule has 0 spiro atoms. The fourth-order valence-electron chi connectivity index (χ4n) is 1.36. The second kappa shape index (κ2) is 2.67. The van der Waals surface area contributed by atoms with Crippen LogP contribution in [0.25, 0.3) is 0 Å². The number of thioether (sulfide) groups is 1. The van der Waals surface area contributed by atoms with Gasteiger partial charge in [0.1, 0.15) is 0 Å². The topological polar surface area (TPSA) is 17.1 Å². The molecule has 1 rings (SSSR count). The lowest BCUT2D eigenvalue weighted by Crippen LogP contribution is -2.22. The van der Waals surface area contributed by atoms with Gasteiger partial charge < -0.3 is 0 Å². The van der Waals surface area contributed by atoms with E-state index >= 15 is 0 Å². The van der Waals surface area contributed by atoms with Crippen LogP contribution in [0.5, 0.6) is 0 Å². The van der Waals surface area contributed by atoms with Crippen molar-refractivity contribution < 1.29 is 4.79 Å². The predicted molar refractivity (Wildman–Crippen MR) is 49.6 cm³/mol. The van der Waals surface area contributed by atoms with Gasteiger partial charge in [-0.25, -0.2) is 0 Å². The molecule has 0 aromatic heterocycles. The van der Waals surface area contributed by atoms with Gasteiger partial charge >= 0.3 is 0 Å². The summed E-state index contributed by atoms with van der Waals surface area (Å²) in [5, 5.41) is 0.595. The summed E-state index contributed by atoms with van der Waals surface area (Å²) in [6, 6.07) is 0. The molecule has 1 aliphatic heterocycles. The zero-order valence-corrected chi connectivity index (χ0v) is 8.29. The lowest BCUT2D eigenvalue weighted by atomic mass is 9.88. The Morgan fingerprint density at radius 3 is 2.18 bits per heavy atom. The van der Waals surface area contributed by atoms with Crippen LogP contribution < -0.4 is 0 Å². The Balaban J connectivity index is 2.80. The Labute approximate surface area is 72.2 Å². The normalized spacial score (nSPS) is 25.6. The third-order valence-electron chi connectivity index (χ3n) is 1.78. The third-order valence-corrected chi connectivity index (χ3v) is 3.44. The predicted octanol–water partition coefficient (Wildman–Crippen LogP) is 2.62. The number of hydrogen-bond acceptors (Lipinski definition) is 2. The minimum Gasteiger partial charge on any atom is -0.282 e. The maximum absolute atomic E-state index is 11.0. The van der Waals surface area contributed by atoms with Crippen LogP contribution in [0.3, 0.4) is 0 Å². The van der Waals surface area contributed by atoms with Gasteiger partial charge in [-0.1, -0.05) is 38.1 Å². The summed E-state index contributed by atoms with van der Waals surface area (Å²) in [7, 11) is 0. The van der Waals surface area contributed by atoms with Crippen LogP contribution in [0.15, 0.2) is 11.6 Å². The maximum atomic E-state index is 11.0. The van der Waals surface area contributed by atoms with Gasteiger partial charge in [0.15, 0.2) is 0 Å². The van der Waals surface area contributed by atoms with E-state index in [9.17, 15) is 4.79 Å². The smallest absolute Gasteiger partial charge is 0.212 e. The first-order chi connectivity index (χ1) is 4.91. The lowest BCUT2D eigenvalue weighted by molar-refractivity contribution is -0.106. The van der Waals surface area contributed by atoms with Crippen LogP contribution in [0, 0.1) is 5.41 Å². The van der Waals surface area contributed by atoms with E-state index in [0.29, 0.717) is 5.25 Å². The summed E-state index contributed by atoms with van der Waals surface area (Å²) in [4.78, 5) is 11.0. The Bertz CT molecular complexity index is 210. The first-order valence-electron chi connectivity index (χ1n) is 3.80. The first-order valence-corrected chi connectivity index (χ1v) is 4.68. The second-order valence-corrected chi connectivity index (χ2v) is 5.18. The maximum Gasteiger partial charge on any atom is 0.212 e. The van der Waals surface area contributed by atoms with Crippen molar-refractivity contribution in [3.05, 3.63) is 11.6 Å². The van der Waals surface area contributed by atoms with E-state index in [1.807, 2.05) is 6.92 Å². The van der Waals surface area contributed by atoms with Crippen LogP contribution in [0.2, 0.25) is 0 Å². The summed E-state index contributed by atoms with van der Waals surface area (Å²) in [5.41, 5.74) is 1.42. The number of rotatable bonds is 0. The average Bonchev–Trinajstić information content (AvgIpc) is 2.08. The molecule has 0 radical (unpaired) electrons. The molecule has 0 aliphatic carbocycles. The summed E-state index contributed by atoms with van der Waals surface area (Å²) in [6.07, 6.45) is 1.75. The highest BCUT2D eigenvalue weighted by molar-refractivity contribution is 8.15. The molecule has 1 heterocycles. The molecule has 1 aliphatic rings. The van der Waals surface area contributed by atoms with E-state index in [4.69, 9.17) is 0 Å². The monoisotopic (exact) mass is 170 g/mol. The Kier molecular flexibility index (Phi) is 2.15. The minimum atomic E-state index is 0.206. The molecule has 0 aromatic carbocycles. The van der Waals surface area contributed by atoms with Crippen molar-refractivity contribution in [2.75, 3.05) is 0 Å². The van der Waals surface area contributed by atoms with E-state index in [1.54, 1.807) is 6.08 Å². The third kappa shape index (κ3) is 1.86. The van der Waals surface area contributed by atoms with Crippen LogP contribution in [0.4, 0.5) is 0 Å². The van der Waals surface area contributed by atoms with Crippen molar-refractivity contribution in [2.45, 2.75) is 32.9 Å². The Morgan fingerprint density at radius 1 is 1.45 bits per heavy atom. The highest BCUT2D eigenvalue weighted by atomic mass is 32.2. The van der Waals surface area contributed by atoms with Gasteiger partial charge in [0.2, 0.25) is 5.12 Å². The molecule has 62 valence electrons. The van der Waals surface area contributed by atoms with Gasteiger partial charge in [-0.05, 0) is 18.4 Å². The van der Waals surface area contributed by atoms with Gasteiger partial charge in [0, 0.05) is 5.25 Å². The highest BCUT2D eigenvalue weighted by Gasteiger charge is 2.32. The summed E-state index contributed by atoms with van der Waals surface area (Å²) < 4.78 is 0. The fourth-order valence-corrected chi connectivity index (χ4v) is 2.46. The molecule has 0 fully saturated rings. The average molecular weight is 170 g/mol. The van der Waals surface area contributed by atoms with Gasteiger partial charge in [-0.15, -0.1) is 0 Å². The molecule has 0 saturated carbocycles. The zero-order chi connectivity index (χ0) is 8.65. The van der Waals surface area contributed by atoms with E-state index in [-0.39, 0.29) is 10.5 Å². The largest absolute Gasteiger partial charge is 0.282 e. The molecule has 0 bridgehead atoms. The van der Waals surface area contributed by atoms with Crippen molar-refractivity contribution in [3.8, 4) is 0 Å². The van der Waals surface area contributed by atoms with Gasteiger partial charge in [0.25, 0.3) is 0 Å². The Hall–Kier alpha value is -0.240. The Morgan fingerprint density at radius 2 is 2.00 bits per heavy atom.